The highest BCUT2D eigenvalue weighted by Gasteiger charge is 2.21. The average molecular weight is 371 g/mol. The SMILES string of the molecule is CCNC(=O)[C@@H](C)NC(=O)COC(=O)c1c(CC)nc2ccccc2c1C. The molecule has 1 aromatic carbocycles. The number of carbonyl (C=O) groups is 3. The summed E-state index contributed by atoms with van der Waals surface area (Å²) in [5, 5.41) is 5.98. The lowest BCUT2D eigenvalue weighted by Crippen LogP contribution is -2.46. The number of benzene rings is 1. The monoisotopic (exact) mass is 371 g/mol. The van der Waals surface area contributed by atoms with E-state index >= 15 is 0 Å². The molecule has 0 bridgehead atoms. The van der Waals surface area contributed by atoms with Crippen LogP contribution in [0.4, 0.5) is 0 Å². The number of para-hydroxylation sites is 1. The largest absolute Gasteiger partial charge is 0.452 e. The van der Waals surface area contributed by atoms with Gasteiger partial charge in [-0.2, -0.15) is 0 Å². The van der Waals surface area contributed by atoms with Crippen molar-refractivity contribution >= 4 is 28.7 Å². The molecule has 0 aliphatic rings. The lowest BCUT2D eigenvalue weighted by Gasteiger charge is -2.15. The number of nitrogens with one attached hydrogen (secondary N) is 2. The predicted octanol–water partition coefficient (Wildman–Crippen LogP) is 1.90. The van der Waals surface area contributed by atoms with E-state index in [-0.39, 0.29) is 5.91 Å². The van der Waals surface area contributed by atoms with E-state index in [1.165, 1.54) is 0 Å². The van der Waals surface area contributed by atoms with Crippen molar-refractivity contribution in [2.45, 2.75) is 40.2 Å². The molecule has 1 atom stereocenters. The van der Waals surface area contributed by atoms with E-state index in [1.807, 2.05) is 38.1 Å². The average Bonchev–Trinajstić information content (AvgIpc) is 2.66. The maximum absolute atomic E-state index is 12.6. The van der Waals surface area contributed by atoms with Crippen LogP contribution in [0, 0.1) is 6.92 Å². The summed E-state index contributed by atoms with van der Waals surface area (Å²) < 4.78 is 5.18. The first kappa shape index (κ1) is 20.4. The molecular formula is C20H25N3O4. The first-order valence-electron chi connectivity index (χ1n) is 9.01. The van der Waals surface area contributed by atoms with Gasteiger partial charge in [-0.25, -0.2) is 4.79 Å². The molecule has 1 heterocycles. The van der Waals surface area contributed by atoms with Crippen molar-refractivity contribution < 1.29 is 19.1 Å². The number of fused-ring (bicyclic) bond motifs is 1. The molecule has 2 rings (SSSR count). The number of hydrogen-bond donors (Lipinski definition) is 2. The highest BCUT2D eigenvalue weighted by molar-refractivity contribution is 5.99. The molecule has 0 saturated carbocycles. The Hall–Kier alpha value is -2.96. The molecule has 7 heteroatoms. The van der Waals surface area contributed by atoms with Gasteiger partial charge in [0, 0.05) is 11.9 Å². The normalized spacial score (nSPS) is 11.7. The zero-order valence-corrected chi connectivity index (χ0v) is 16.1. The molecule has 0 aliphatic heterocycles. The van der Waals surface area contributed by atoms with Crippen molar-refractivity contribution in [2.24, 2.45) is 0 Å². The van der Waals surface area contributed by atoms with Crippen LogP contribution in [0.15, 0.2) is 24.3 Å². The van der Waals surface area contributed by atoms with Gasteiger partial charge in [-0.15, -0.1) is 0 Å². The van der Waals surface area contributed by atoms with Gasteiger partial charge in [0.1, 0.15) is 6.04 Å². The number of ether oxygens (including phenoxy) is 1. The number of likely N-dealkylation sites (N-methyl/N-ethyl adjacent to an activating group) is 1. The standard InChI is InChI=1S/C20H25N3O4/c1-5-15-18(12(3)14-9-7-8-10-16(14)23-15)20(26)27-11-17(24)22-13(4)19(25)21-6-2/h7-10,13H,5-6,11H2,1-4H3,(H,21,25)(H,22,24)/t13-/m1/s1. The summed E-state index contributed by atoms with van der Waals surface area (Å²) in [5.41, 5.74) is 2.61. The highest BCUT2D eigenvalue weighted by Crippen LogP contribution is 2.24. The maximum atomic E-state index is 12.6. The first-order chi connectivity index (χ1) is 12.9. The second-order valence-electron chi connectivity index (χ2n) is 6.19. The Labute approximate surface area is 158 Å². The summed E-state index contributed by atoms with van der Waals surface area (Å²) >= 11 is 0. The van der Waals surface area contributed by atoms with E-state index in [0.717, 1.165) is 16.5 Å². The molecule has 0 saturated heterocycles. The number of hydrogen-bond acceptors (Lipinski definition) is 5. The fraction of sp³-hybridized carbons (Fsp3) is 0.400. The van der Waals surface area contributed by atoms with E-state index in [2.05, 4.69) is 15.6 Å². The van der Waals surface area contributed by atoms with Crippen LogP contribution in [-0.2, 0) is 20.7 Å². The maximum Gasteiger partial charge on any atom is 0.340 e. The zero-order chi connectivity index (χ0) is 20.0. The fourth-order valence-electron chi connectivity index (χ4n) is 2.85. The quantitative estimate of drug-likeness (QED) is 0.725. The van der Waals surface area contributed by atoms with Gasteiger partial charge in [0.2, 0.25) is 5.91 Å². The number of aromatic nitrogens is 1. The van der Waals surface area contributed by atoms with Crippen LogP contribution in [-0.4, -0.2) is 42.0 Å². The topological polar surface area (TPSA) is 97.4 Å². The number of carbonyl (C=O) groups excluding carboxylic acids is 3. The van der Waals surface area contributed by atoms with Gasteiger partial charge in [0.05, 0.1) is 16.8 Å². The Balaban J connectivity index is 2.11. The van der Waals surface area contributed by atoms with Crippen LogP contribution in [0.5, 0.6) is 0 Å². The van der Waals surface area contributed by atoms with Gasteiger partial charge in [0.25, 0.3) is 5.91 Å². The smallest absolute Gasteiger partial charge is 0.340 e. The van der Waals surface area contributed by atoms with Gasteiger partial charge in [-0.05, 0) is 38.8 Å². The molecule has 0 spiro atoms. The summed E-state index contributed by atoms with van der Waals surface area (Å²) in [6.45, 7) is 7.13. The van der Waals surface area contributed by atoms with E-state index in [0.29, 0.717) is 24.2 Å². The molecule has 0 unspecified atom stereocenters. The molecule has 7 nitrogen and oxygen atoms in total. The van der Waals surface area contributed by atoms with Gasteiger partial charge in [-0.3, -0.25) is 14.6 Å². The third-order valence-electron chi connectivity index (χ3n) is 4.22. The van der Waals surface area contributed by atoms with Crippen LogP contribution in [0.2, 0.25) is 0 Å². The number of nitrogens with zero attached hydrogens (tertiary/aromatic N) is 1. The Kier molecular flexibility index (Phi) is 6.87. The lowest BCUT2D eigenvalue weighted by molar-refractivity contribution is -0.130. The molecule has 27 heavy (non-hydrogen) atoms. The molecule has 2 amide bonds. The third kappa shape index (κ3) is 4.81. The summed E-state index contributed by atoms with van der Waals surface area (Å²) in [6, 6.07) is 6.87. The molecule has 0 radical (unpaired) electrons. The van der Waals surface area contributed by atoms with E-state index in [9.17, 15) is 14.4 Å². The van der Waals surface area contributed by atoms with Crippen LogP contribution in [0.3, 0.4) is 0 Å². The van der Waals surface area contributed by atoms with Gasteiger partial charge < -0.3 is 15.4 Å². The van der Waals surface area contributed by atoms with Crippen molar-refractivity contribution in [3.8, 4) is 0 Å². The van der Waals surface area contributed by atoms with Crippen LogP contribution < -0.4 is 10.6 Å². The molecule has 1 aromatic heterocycles. The van der Waals surface area contributed by atoms with Crippen molar-refractivity contribution in [3.05, 3.63) is 41.1 Å². The van der Waals surface area contributed by atoms with E-state index in [1.54, 1.807) is 13.8 Å². The second-order valence-corrected chi connectivity index (χ2v) is 6.19. The number of pyridine rings is 1. The Bertz CT molecular complexity index is 864. The van der Waals surface area contributed by atoms with Gasteiger partial charge in [-0.1, -0.05) is 25.1 Å². The zero-order valence-electron chi connectivity index (χ0n) is 16.1. The van der Waals surface area contributed by atoms with Gasteiger partial charge >= 0.3 is 5.97 Å². The summed E-state index contributed by atoms with van der Waals surface area (Å²) in [4.78, 5) is 40.7. The number of amides is 2. The highest BCUT2D eigenvalue weighted by atomic mass is 16.5. The summed E-state index contributed by atoms with van der Waals surface area (Å²) in [7, 11) is 0. The summed E-state index contributed by atoms with van der Waals surface area (Å²) in [6.07, 6.45) is 0.566. The van der Waals surface area contributed by atoms with Crippen molar-refractivity contribution in [1.82, 2.24) is 15.6 Å². The Morgan fingerprint density at radius 3 is 2.56 bits per heavy atom. The lowest BCUT2D eigenvalue weighted by atomic mass is 10.0. The minimum atomic E-state index is -0.702. The molecule has 2 aromatic rings. The Morgan fingerprint density at radius 1 is 1.19 bits per heavy atom. The minimum absolute atomic E-state index is 0.292. The first-order valence-corrected chi connectivity index (χ1v) is 9.01. The number of esters is 1. The molecule has 2 N–H and O–H groups in total. The molecular weight excluding hydrogens is 346 g/mol. The fourth-order valence-corrected chi connectivity index (χ4v) is 2.85. The van der Waals surface area contributed by atoms with Crippen LogP contribution in [0.1, 0.15) is 42.4 Å². The van der Waals surface area contributed by atoms with Crippen molar-refractivity contribution in [1.29, 1.82) is 0 Å². The Morgan fingerprint density at radius 2 is 1.89 bits per heavy atom. The predicted molar refractivity (Wildman–Crippen MR) is 102 cm³/mol. The number of aryl methyl sites for hydroxylation is 2. The molecule has 0 aliphatic carbocycles. The number of rotatable bonds is 7. The molecule has 144 valence electrons. The molecule has 0 fully saturated rings. The van der Waals surface area contributed by atoms with Gasteiger partial charge in [0.15, 0.2) is 6.61 Å². The van der Waals surface area contributed by atoms with Crippen LogP contribution in [0.25, 0.3) is 10.9 Å². The van der Waals surface area contributed by atoms with Crippen molar-refractivity contribution in [3.63, 3.8) is 0 Å². The van der Waals surface area contributed by atoms with E-state index < -0.39 is 24.5 Å². The summed E-state index contributed by atoms with van der Waals surface area (Å²) in [5.74, 6) is -1.42. The second kappa shape index (κ2) is 9.12. The van der Waals surface area contributed by atoms with E-state index in [4.69, 9.17) is 4.74 Å². The van der Waals surface area contributed by atoms with Crippen LogP contribution >= 0.6 is 0 Å². The third-order valence-corrected chi connectivity index (χ3v) is 4.22. The van der Waals surface area contributed by atoms with Crippen molar-refractivity contribution in [2.75, 3.05) is 13.2 Å². The minimum Gasteiger partial charge on any atom is -0.452 e.